The number of hydrogen-bond donors (Lipinski definition) is 2. The Morgan fingerprint density at radius 3 is 2.70 bits per heavy atom. The van der Waals surface area contributed by atoms with Crippen molar-refractivity contribution in [2.75, 3.05) is 6.61 Å². The molecule has 0 aliphatic heterocycles. The second kappa shape index (κ2) is 5.20. The van der Waals surface area contributed by atoms with E-state index >= 15 is 0 Å². The Morgan fingerprint density at radius 1 is 1.70 bits per heavy atom. The molecule has 1 atom stereocenters. The molecular weight excluding hydrogens is 136 g/mol. The molecule has 0 fully saturated rings. The van der Waals surface area contributed by atoms with Gasteiger partial charge in [0.1, 0.15) is 0 Å². The molecule has 0 saturated heterocycles. The standard InChI is InChI=1S/C6H12O4/c1-2-3-4-10-6(9)5(7)8/h6,9H,2-4H2,1H3,(H,7,8). The van der Waals surface area contributed by atoms with Crippen LogP contribution in [-0.4, -0.2) is 29.1 Å². The van der Waals surface area contributed by atoms with E-state index in [1.54, 1.807) is 0 Å². The summed E-state index contributed by atoms with van der Waals surface area (Å²) >= 11 is 0. The van der Waals surface area contributed by atoms with Crippen LogP contribution < -0.4 is 0 Å². The fourth-order valence-corrected chi connectivity index (χ4v) is 0.411. The van der Waals surface area contributed by atoms with Crippen LogP contribution in [0.25, 0.3) is 0 Å². The van der Waals surface area contributed by atoms with Gasteiger partial charge < -0.3 is 14.9 Å². The van der Waals surface area contributed by atoms with Crippen LogP contribution >= 0.6 is 0 Å². The van der Waals surface area contributed by atoms with Gasteiger partial charge in [-0.3, -0.25) is 0 Å². The molecule has 2 N–H and O–H groups in total. The Labute approximate surface area is 59.4 Å². The van der Waals surface area contributed by atoms with Gasteiger partial charge in [0, 0.05) is 0 Å². The lowest BCUT2D eigenvalue weighted by Gasteiger charge is -2.05. The maximum Gasteiger partial charge on any atom is 0.360 e. The highest BCUT2D eigenvalue weighted by molar-refractivity contribution is 5.70. The van der Waals surface area contributed by atoms with Gasteiger partial charge in [-0.05, 0) is 6.42 Å². The van der Waals surface area contributed by atoms with Crippen molar-refractivity contribution in [1.29, 1.82) is 0 Å². The lowest BCUT2D eigenvalue weighted by molar-refractivity contribution is -0.176. The van der Waals surface area contributed by atoms with E-state index in [-0.39, 0.29) is 0 Å². The summed E-state index contributed by atoms with van der Waals surface area (Å²) in [6.07, 6.45) is 0.0305. The van der Waals surface area contributed by atoms with Crippen LogP contribution in [0.3, 0.4) is 0 Å². The summed E-state index contributed by atoms with van der Waals surface area (Å²) in [7, 11) is 0. The van der Waals surface area contributed by atoms with Crippen LogP contribution in [0.15, 0.2) is 0 Å². The maximum atomic E-state index is 9.92. The Hall–Kier alpha value is -0.610. The first kappa shape index (κ1) is 9.39. The van der Waals surface area contributed by atoms with Gasteiger partial charge in [0.2, 0.25) is 0 Å². The van der Waals surface area contributed by atoms with Crippen molar-refractivity contribution in [3.63, 3.8) is 0 Å². The molecule has 0 saturated carbocycles. The summed E-state index contributed by atoms with van der Waals surface area (Å²) in [5.74, 6) is -1.34. The van der Waals surface area contributed by atoms with E-state index in [4.69, 9.17) is 10.2 Å². The van der Waals surface area contributed by atoms with E-state index in [1.807, 2.05) is 6.92 Å². The first-order chi connectivity index (χ1) is 4.68. The lowest BCUT2D eigenvalue weighted by atomic mass is 10.4. The van der Waals surface area contributed by atoms with Crippen molar-refractivity contribution >= 4 is 5.97 Å². The lowest BCUT2D eigenvalue weighted by Crippen LogP contribution is -2.23. The van der Waals surface area contributed by atoms with E-state index < -0.39 is 12.3 Å². The SMILES string of the molecule is CCCCOC(O)C(=O)O. The minimum Gasteiger partial charge on any atom is -0.477 e. The number of aliphatic hydroxyl groups is 1. The summed E-state index contributed by atoms with van der Waals surface area (Å²) in [6.45, 7) is 2.25. The third kappa shape index (κ3) is 4.29. The summed E-state index contributed by atoms with van der Waals surface area (Å²) in [4.78, 5) is 9.92. The molecule has 0 radical (unpaired) electrons. The van der Waals surface area contributed by atoms with Crippen molar-refractivity contribution in [2.24, 2.45) is 0 Å². The average molecular weight is 148 g/mol. The molecule has 0 spiro atoms. The fraction of sp³-hybridized carbons (Fsp3) is 0.833. The number of aliphatic hydroxyl groups excluding tert-OH is 1. The van der Waals surface area contributed by atoms with E-state index in [2.05, 4.69) is 4.74 Å². The molecule has 0 rings (SSSR count). The van der Waals surface area contributed by atoms with Crippen LogP contribution in [0.5, 0.6) is 0 Å². The van der Waals surface area contributed by atoms with Crippen LogP contribution in [0, 0.1) is 0 Å². The average Bonchev–Trinajstić information content (AvgIpc) is 1.88. The van der Waals surface area contributed by atoms with E-state index in [1.165, 1.54) is 0 Å². The summed E-state index contributed by atoms with van der Waals surface area (Å²) < 4.78 is 4.50. The summed E-state index contributed by atoms with van der Waals surface area (Å²) in [5, 5.41) is 16.6. The zero-order chi connectivity index (χ0) is 7.98. The molecule has 0 bridgehead atoms. The molecule has 4 nitrogen and oxygen atoms in total. The number of carbonyl (C=O) groups is 1. The Morgan fingerprint density at radius 2 is 2.30 bits per heavy atom. The number of aliphatic carboxylic acids is 1. The fourth-order valence-electron chi connectivity index (χ4n) is 0.411. The smallest absolute Gasteiger partial charge is 0.360 e. The predicted molar refractivity (Wildman–Crippen MR) is 34.5 cm³/mol. The minimum atomic E-state index is -1.66. The van der Waals surface area contributed by atoms with Crippen molar-refractivity contribution in [3.05, 3.63) is 0 Å². The molecule has 0 aromatic heterocycles. The molecule has 0 aliphatic rings. The van der Waals surface area contributed by atoms with Gasteiger partial charge in [0.15, 0.2) is 0 Å². The summed E-state index contributed by atoms with van der Waals surface area (Å²) in [5.41, 5.74) is 0. The van der Waals surface area contributed by atoms with Crippen molar-refractivity contribution in [3.8, 4) is 0 Å². The second-order valence-electron chi connectivity index (χ2n) is 1.91. The molecular formula is C6H12O4. The molecule has 1 unspecified atom stereocenters. The highest BCUT2D eigenvalue weighted by Crippen LogP contribution is 1.91. The number of unbranched alkanes of at least 4 members (excludes halogenated alkanes) is 1. The quantitative estimate of drug-likeness (QED) is 0.432. The zero-order valence-corrected chi connectivity index (χ0v) is 5.91. The molecule has 0 aromatic carbocycles. The topological polar surface area (TPSA) is 66.8 Å². The number of hydrogen-bond acceptors (Lipinski definition) is 3. The highest BCUT2D eigenvalue weighted by Gasteiger charge is 2.11. The Bertz CT molecular complexity index is 102. The van der Waals surface area contributed by atoms with E-state index in [9.17, 15) is 4.79 Å². The van der Waals surface area contributed by atoms with Crippen LogP contribution in [-0.2, 0) is 9.53 Å². The Balaban J connectivity index is 3.21. The van der Waals surface area contributed by atoms with Crippen molar-refractivity contribution in [2.45, 2.75) is 26.1 Å². The molecule has 10 heavy (non-hydrogen) atoms. The normalized spacial score (nSPS) is 13.0. The molecule has 0 amide bonds. The number of ether oxygens (including phenoxy) is 1. The minimum absolute atomic E-state index is 0.296. The predicted octanol–water partition coefficient (Wildman–Crippen LogP) is 0.206. The molecule has 0 aliphatic carbocycles. The van der Waals surface area contributed by atoms with Crippen LogP contribution in [0.2, 0.25) is 0 Å². The molecule has 0 aromatic rings. The van der Waals surface area contributed by atoms with Crippen molar-refractivity contribution < 1.29 is 19.7 Å². The van der Waals surface area contributed by atoms with Crippen LogP contribution in [0.4, 0.5) is 0 Å². The van der Waals surface area contributed by atoms with Gasteiger partial charge >= 0.3 is 5.97 Å². The first-order valence-electron chi connectivity index (χ1n) is 3.21. The molecule has 4 heteroatoms. The first-order valence-corrected chi connectivity index (χ1v) is 3.21. The van der Waals surface area contributed by atoms with E-state index in [0.29, 0.717) is 6.61 Å². The summed E-state index contributed by atoms with van der Waals surface area (Å²) in [6, 6.07) is 0. The second-order valence-corrected chi connectivity index (χ2v) is 1.91. The number of carboxylic acids is 1. The van der Waals surface area contributed by atoms with Gasteiger partial charge in [-0.15, -0.1) is 0 Å². The van der Waals surface area contributed by atoms with Gasteiger partial charge in [0.25, 0.3) is 6.29 Å². The maximum absolute atomic E-state index is 9.92. The number of rotatable bonds is 5. The van der Waals surface area contributed by atoms with Gasteiger partial charge in [0.05, 0.1) is 6.61 Å². The van der Waals surface area contributed by atoms with E-state index in [0.717, 1.165) is 12.8 Å². The van der Waals surface area contributed by atoms with Crippen LogP contribution in [0.1, 0.15) is 19.8 Å². The molecule has 0 heterocycles. The van der Waals surface area contributed by atoms with Gasteiger partial charge in [-0.2, -0.15) is 0 Å². The monoisotopic (exact) mass is 148 g/mol. The van der Waals surface area contributed by atoms with Gasteiger partial charge in [-0.25, -0.2) is 4.79 Å². The zero-order valence-electron chi connectivity index (χ0n) is 5.91. The Kier molecular flexibility index (Phi) is 4.88. The third-order valence-corrected chi connectivity index (χ3v) is 0.985. The third-order valence-electron chi connectivity index (χ3n) is 0.985. The highest BCUT2D eigenvalue weighted by atomic mass is 16.6. The van der Waals surface area contributed by atoms with Gasteiger partial charge in [-0.1, -0.05) is 13.3 Å². The van der Waals surface area contributed by atoms with Crippen molar-refractivity contribution in [1.82, 2.24) is 0 Å². The molecule has 60 valence electrons. The largest absolute Gasteiger partial charge is 0.477 e. The number of carboxylic acid groups (broad SMARTS) is 1.